The van der Waals surface area contributed by atoms with Crippen molar-refractivity contribution >= 4 is 17.3 Å². The molecule has 0 saturated heterocycles. The van der Waals surface area contributed by atoms with Crippen molar-refractivity contribution in [1.29, 1.82) is 0 Å². The lowest BCUT2D eigenvalue weighted by Gasteiger charge is -2.24. The van der Waals surface area contributed by atoms with Crippen LogP contribution in [-0.2, 0) is 17.9 Å². The Morgan fingerprint density at radius 3 is 2.60 bits per heavy atom. The fourth-order valence-electron chi connectivity index (χ4n) is 2.03. The maximum atomic E-state index is 11.5. The zero-order chi connectivity index (χ0) is 14.5. The molecule has 2 aromatic rings. The second kappa shape index (κ2) is 6.60. The molecule has 0 aliphatic heterocycles. The number of hydrogen-bond acceptors (Lipinski definition) is 5. The molecule has 1 aromatic heterocycles. The van der Waals surface area contributed by atoms with E-state index in [0.717, 1.165) is 10.6 Å². The van der Waals surface area contributed by atoms with Crippen molar-refractivity contribution in [3.8, 4) is 0 Å². The van der Waals surface area contributed by atoms with Gasteiger partial charge in [-0.1, -0.05) is 24.3 Å². The lowest BCUT2D eigenvalue weighted by Crippen LogP contribution is -2.30. The first-order valence-corrected chi connectivity index (χ1v) is 7.01. The Bertz CT molecular complexity index is 554. The van der Waals surface area contributed by atoms with Gasteiger partial charge >= 0.3 is 5.97 Å². The zero-order valence-electron chi connectivity index (χ0n) is 11.1. The largest absolute Gasteiger partial charge is 0.480 e. The highest BCUT2D eigenvalue weighted by atomic mass is 32.1. The number of nitrogens with zero attached hydrogens (tertiary/aromatic N) is 2. The Kier molecular flexibility index (Phi) is 4.84. The van der Waals surface area contributed by atoms with Crippen LogP contribution in [0, 0.1) is 0 Å². The first kappa shape index (κ1) is 14.6. The molecule has 2 N–H and O–H groups in total. The van der Waals surface area contributed by atoms with E-state index in [4.69, 9.17) is 5.11 Å². The van der Waals surface area contributed by atoms with Gasteiger partial charge in [-0.3, -0.25) is 9.69 Å². The SMILES string of the molecule is CN(Cc1nccs1)C(C(=O)O)c1ccc(CO)cc1. The summed E-state index contributed by atoms with van der Waals surface area (Å²) >= 11 is 1.50. The molecule has 1 atom stereocenters. The van der Waals surface area contributed by atoms with E-state index in [1.807, 2.05) is 5.38 Å². The third-order valence-electron chi connectivity index (χ3n) is 3.02. The molecule has 1 unspecified atom stereocenters. The molecule has 0 spiro atoms. The van der Waals surface area contributed by atoms with Crippen LogP contribution < -0.4 is 0 Å². The van der Waals surface area contributed by atoms with E-state index in [0.29, 0.717) is 12.1 Å². The molecule has 2 rings (SSSR count). The highest BCUT2D eigenvalue weighted by molar-refractivity contribution is 7.09. The smallest absolute Gasteiger partial charge is 0.325 e. The summed E-state index contributed by atoms with van der Waals surface area (Å²) in [5, 5.41) is 21.2. The molecule has 20 heavy (non-hydrogen) atoms. The van der Waals surface area contributed by atoms with Crippen molar-refractivity contribution in [2.75, 3.05) is 7.05 Å². The summed E-state index contributed by atoms with van der Waals surface area (Å²) in [6.07, 6.45) is 1.71. The molecule has 1 heterocycles. The van der Waals surface area contributed by atoms with Crippen LogP contribution in [0.25, 0.3) is 0 Å². The van der Waals surface area contributed by atoms with Crippen molar-refractivity contribution in [2.45, 2.75) is 19.2 Å². The number of aliphatic hydroxyl groups is 1. The first-order valence-electron chi connectivity index (χ1n) is 6.13. The number of aliphatic carboxylic acids is 1. The van der Waals surface area contributed by atoms with Gasteiger partial charge in [0.2, 0.25) is 0 Å². The van der Waals surface area contributed by atoms with Crippen molar-refractivity contribution < 1.29 is 15.0 Å². The maximum Gasteiger partial charge on any atom is 0.325 e. The maximum absolute atomic E-state index is 11.5. The van der Waals surface area contributed by atoms with E-state index >= 15 is 0 Å². The molecule has 0 amide bonds. The Morgan fingerprint density at radius 2 is 2.10 bits per heavy atom. The Hall–Kier alpha value is -1.76. The van der Waals surface area contributed by atoms with Gasteiger partial charge in [-0.15, -0.1) is 11.3 Å². The summed E-state index contributed by atoms with van der Waals surface area (Å²) in [4.78, 5) is 17.4. The number of carboxylic acid groups (broad SMARTS) is 1. The summed E-state index contributed by atoms with van der Waals surface area (Å²) in [5.41, 5.74) is 1.45. The van der Waals surface area contributed by atoms with E-state index in [1.54, 1.807) is 42.4 Å². The van der Waals surface area contributed by atoms with E-state index in [9.17, 15) is 9.90 Å². The van der Waals surface area contributed by atoms with Gasteiger partial charge < -0.3 is 10.2 Å². The predicted octanol–water partition coefficient (Wildman–Crippen LogP) is 1.89. The van der Waals surface area contributed by atoms with Crippen LogP contribution in [0.2, 0.25) is 0 Å². The standard InChI is InChI=1S/C14H16N2O3S/c1-16(8-12-15-6-7-20-12)13(14(18)19)11-4-2-10(9-17)3-5-11/h2-7,13,17H,8-9H2,1H3,(H,18,19). The average Bonchev–Trinajstić information content (AvgIpc) is 2.92. The predicted molar refractivity (Wildman–Crippen MR) is 76.3 cm³/mol. The van der Waals surface area contributed by atoms with Gasteiger partial charge in [0.15, 0.2) is 0 Å². The average molecular weight is 292 g/mol. The second-order valence-electron chi connectivity index (χ2n) is 4.48. The third kappa shape index (κ3) is 3.41. The molecule has 0 bridgehead atoms. The van der Waals surface area contributed by atoms with Crippen molar-refractivity contribution in [3.05, 3.63) is 52.0 Å². The van der Waals surface area contributed by atoms with Crippen molar-refractivity contribution in [3.63, 3.8) is 0 Å². The number of aromatic nitrogens is 1. The first-order chi connectivity index (χ1) is 9.61. The normalized spacial score (nSPS) is 12.6. The van der Waals surface area contributed by atoms with E-state index in [1.165, 1.54) is 11.3 Å². The van der Waals surface area contributed by atoms with E-state index in [-0.39, 0.29) is 6.61 Å². The molecule has 0 fully saturated rings. The number of hydrogen-bond donors (Lipinski definition) is 2. The molecule has 0 aliphatic carbocycles. The molecular weight excluding hydrogens is 276 g/mol. The number of carbonyl (C=O) groups is 1. The molecule has 0 aliphatic rings. The summed E-state index contributed by atoms with van der Waals surface area (Å²) in [6, 6.07) is 6.22. The summed E-state index contributed by atoms with van der Waals surface area (Å²) in [6.45, 7) is 0.434. The lowest BCUT2D eigenvalue weighted by atomic mass is 10.0. The summed E-state index contributed by atoms with van der Waals surface area (Å²) in [7, 11) is 1.76. The van der Waals surface area contributed by atoms with Crippen LogP contribution in [0.4, 0.5) is 0 Å². The minimum Gasteiger partial charge on any atom is -0.480 e. The Morgan fingerprint density at radius 1 is 1.40 bits per heavy atom. The number of aliphatic hydroxyl groups excluding tert-OH is 1. The van der Waals surface area contributed by atoms with Crippen LogP contribution in [0.15, 0.2) is 35.8 Å². The number of carboxylic acids is 1. The Balaban J connectivity index is 2.19. The highest BCUT2D eigenvalue weighted by Crippen LogP contribution is 2.22. The van der Waals surface area contributed by atoms with E-state index < -0.39 is 12.0 Å². The van der Waals surface area contributed by atoms with Crippen molar-refractivity contribution in [1.82, 2.24) is 9.88 Å². The topological polar surface area (TPSA) is 73.7 Å². The quantitative estimate of drug-likeness (QED) is 0.850. The number of benzene rings is 1. The minimum absolute atomic E-state index is 0.0486. The molecule has 5 nitrogen and oxygen atoms in total. The van der Waals surface area contributed by atoms with Crippen molar-refractivity contribution in [2.24, 2.45) is 0 Å². The molecule has 6 heteroatoms. The van der Waals surface area contributed by atoms with Crippen LogP contribution in [0.3, 0.4) is 0 Å². The van der Waals surface area contributed by atoms with Gasteiger partial charge in [-0.2, -0.15) is 0 Å². The molecular formula is C14H16N2O3S. The summed E-state index contributed by atoms with van der Waals surface area (Å²) < 4.78 is 0. The lowest BCUT2D eigenvalue weighted by molar-refractivity contribution is -0.143. The zero-order valence-corrected chi connectivity index (χ0v) is 11.9. The van der Waals surface area contributed by atoms with Gasteiger partial charge in [0, 0.05) is 11.6 Å². The van der Waals surface area contributed by atoms with Crippen LogP contribution >= 0.6 is 11.3 Å². The van der Waals surface area contributed by atoms with Crippen LogP contribution in [0.1, 0.15) is 22.2 Å². The van der Waals surface area contributed by atoms with Crippen LogP contribution in [-0.4, -0.2) is 33.1 Å². The summed E-state index contributed by atoms with van der Waals surface area (Å²) in [5.74, 6) is -0.902. The van der Waals surface area contributed by atoms with Gasteiger partial charge in [0.25, 0.3) is 0 Å². The number of rotatable bonds is 6. The van der Waals surface area contributed by atoms with Gasteiger partial charge in [-0.05, 0) is 18.2 Å². The molecule has 0 radical (unpaired) electrons. The number of likely N-dealkylation sites (N-methyl/N-ethyl adjacent to an activating group) is 1. The van der Waals surface area contributed by atoms with Gasteiger partial charge in [-0.25, -0.2) is 4.98 Å². The molecule has 1 aromatic carbocycles. The fraction of sp³-hybridized carbons (Fsp3) is 0.286. The monoisotopic (exact) mass is 292 g/mol. The molecule has 0 saturated carbocycles. The molecule has 106 valence electrons. The van der Waals surface area contributed by atoms with Crippen LogP contribution in [0.5, 0.6) is 0 Å². The third-order valence-corrected chi connectivity index (χ3v) is 3.79. The van der Waals surface area contributed by atoms with Gasteiger partial charge in [0.1, 0.15) is 11.0 Å². The van der Waals surface area contributed by atoms with E-state index in [2.05, 4.69) is 4.98 Å². The van der Waals surface area contributed by atoms with Gasteiger partial charge in [0.05, 0.1) is 13.2 Å². The second-order valence-corrected chi connectivity index (χ2v) is 5.46. The highest BCUT2D eigenvalue weighted by Gasteiger charge is 2.25. The minimum atomic E-state index is -0.902. The fourth-order valence-corrected chi connectivity index (χ4v) is 2.71. The Labute approximate surface area is 121 Å². The number of thiazole rings is 1.